The van der Waals surface area contributed by atoms with Crippen molar-refractivity contribution in [2.24, 2.45) is 5.92 Å². The molecule has 6 nitrogen and oxygen atoms in total. The second-order valence-corrected chi connectivity index (χ2v) is 6.46. The lowest BCUT2D eigenvalue weighted by atomic mass is 10.1. The van der Waals surface area contributed by atoms with Crippen LogP contribution >= 0.6 is 12.4 Å². The molecule has 2 heterocycles. The number of halogens is 1. The Labute approximate surface area is 154 Å². The van der Waals surface area contributed by atoms with Gasteiger partial charge in [0.1, 0.15) is 5.75 Å². The van der Waals surface area contributed by atoms with Gasteiger partial charge in [0.05, 0.1) is 18.7 Å². The zero-order valence-corrected chi connectivity index (χ0v) is 15.6. The number of rotatable bonds is 5. The number of ether oxygens (including phenoxy) is 1. The second kappa shape index (κ2) is 8.54. The molecule has 0 bridgehead atoms. The molecule has 2 unspecified atom stereocenters. The molecule has 3 rings (SSSR count). The van der Waals surface area contributed by atoms with Gasteiger partial charge in [0.25, 0.3) is 0 Å². The smallest absolute Gasteiger partial charge is 0.228 e. The third-order valence-electron chi connectivity index (χ3n) is 4.95. The van der Waals surface area contributed by atoms with Gasteiger partial charge in [-0.05, 0) is 32.0 Å². The van der Waals surface area contributed by atoms with E-state index in [0.717, 1.165) is 31.6 Å². The number of benzene rings is 1. The highest BCUT2D eigenvalue weighted by atomic mass is 35.5. The van der Waals surface area contributed by atoms with Crippen LogP contribution in [-0.4, -0.2) is 56.5 Å². The maximum Gasteiger partial charge on any atom is 0.228 e. The molecular weight excluding hydrogens is 342 g/mol. The molecule has 138 valence electrons. The van der Waals surface area contributed by atoms with Crippen LogP contribution in [0.4, 0.5) is 5.69 Å². The van der Waals surface area contributed by atoms with Gasteiger partial charge >= 0.3 is 0 Å². The van der Waals surface area contributed by atoms with Crippen molar-refractivity contribution in [1.82, 2.24) is 10.2 Å². The molecule has 2 aliphatic heterocycles. The summed E-state index contributed by atoms with van der Waals surface area (Å²) in [5, 5.41) is 3.16. The van der Waals surface area contributed by atoms with Crippen LogP contribution in [0.25, 0.3) is 0 Å². The zero-order valence-electron chi connectivity index (χ0n) is 14.7. The van der Waals surface area contributed by atoms with E-state index < -0.39 is 0 Å². The van der Waals surface area contributed by atoms with Crippen LogP contribution in [0.3, 0.4) is 0 Å². The van der Waals surface area contributed by atoms with Crippen molar-refractivity contribution in [1.29, 1.82) is 0 Å². The van der Waals surface area contributed by atoms with Crippen LogP contribution in [0.15, 0.2) is 24.3 Å². The Bertz CT molecular complexity index is 625. The summed E-state index contributed by atoms with van der Waals surface area (Å²) in [5.41, 5.74) is 0.744. The molecule has 2 fully saturated rings. The van der Waals surface area contributed by atoms with Crippen LogP contribution in [-0.2, 0) is 9.59 Å². The van der Waals surface area contributed by atoms with Crippen molar-refractivity contribution in [2.75, 3.05) is 38.7 Å². The molecule has 1 aromatic carbocycles. The first kappa shape index (κ1) is 19.5. The molecule has 7 heteroatoms. The second-order valence-electron chi connectivity index (χ2n) is 6.46. The number of nitrogens with one attached hydrogen (secondary N) is 1. The van der Waals surface area contributed by atoms with Crippen LogP contribution < -0.4 is 15.0 Å². The number of carbonyl (C=O) groups excluding carboxylic acids is 2. The van der Waals surface area contributed by atoms with Gasteiger partial charge in [-0.25, -0.2) is 0 Å². The molecule has 0 saturated carbocycles. The van der Waals surface area contributed by atoms with E-state index in [4.69, 9.17) is 4.74 Å². The van der Waals surface area contributed by atoms with E-state index in [1.807, 2.05) is 36.2 Å². The van der Waals surface area contributed by atoms with Gasteiger partial charge in [-0.2, -0.15) is 0 Å². The predicted octanol–water partition coefficient (Wildman–Crippen LogP) is 1.68. The van der Waals surface area contributed by atoms with E-state index in [2.05, 4.69) is 5.32 Å². The molecule has 2 aliphatic rings. The standard InChI is InChI=1S/C18H25N3O3.ClH/c1-19-11-14-6-5-9-20(14)18(23)13-10-17(22)21(12-13)15-7-3-4-8-16(15)24-2;/h3-4,7-8,13-14,19H,5-6,9-12H2,1-2H3;1H. The quantitative estimate of drug-likeness (QED) is 0.860. The third kappa shape index (κ3) is 3.90. The maximum absolute atomic E-state index is 12.9. The predicted molar refractivity (Wildman–Crippen MR) is 99.4 cm³/mol. The SMILES string of the molecule is CNCC1CCCN1C(=O)C1CC(=O)N(c2ccccc2OC)C1.Cl. The number of likely N-dealkylation sites (tertiary alicyclic amines) is 1. The summed E-state index contributed by atoms with van der Waals surface area (Å²) in [6.07, 6.45) is 2.35. The number of amides is 2. The van der Waals surface area contributed by atoms with Crippen LogP contribution in [0.2, 0.25) is 0 Å². The molecular formula is C18H26ClN3O3. The number of nitrogens with zero attached hydrogens (tertiary/aromatic N) is 2. The molecule has 1 aromatic rings. The molecule has 2 amide bonds. The van der Waals surface area contributed by atoms with Crippen LogP contribution in [0.5, 0.6) is 5.75 Å². The lowest BCUT2D eigenvalue weighted by molar-refractivity contribution is -0.136. The van der Waals surface area contributed by atoms with Crippen molar-refractivity contribution in [2.45, 2.75) is 25.3 Å². The van der Waals surface area contributed by atoms with Crippen molar-refractivity contribution >= 4 is 29.9 Å². The van der Waals surface area contributed by atoms with Gasteiger partial charge < -0.3 is 19.9 Å². The number of hydrogen-bond acceptors (Lipinski definition) is 4. The van der Waals surface area contributed by atoms with Gasteiger partial charge in [0.15, 0.2) is 0 Å². The van der Waals surface area contributed by atoms with Gasteiger partial charge in [-0.15, -0.1) is 12.4 Å². The largest absolute Gasteiger partial charge is 0.495 e. The molecule has 0 aromatic heterocycles. The van der Waals surface area contributed by atoms with Gasteiger partial charge in [-0.1, -0.05) is 12.1 Å². The van der Waals surface area contributed by atoms with Crippen LogP contribution in [0.1, 0.15) is 19.3 Å². The molecule has 1 N–H and O–H groups in total. The highest BCUT2D eigenvalue weighted by Crippen LogP contribution is 2.34. The van der Waals surface area contributed by atoms with E-state index in [9.17, 15) is 9.59 Å². The molecule has 2 atom stereocenters. The van der Waals surface area contributed by atoms with E-state index in [-0.39, 0.29) is 42.6 Å². The Morgan fingerprint density at radius 2 is 2.12 bits per heavy atom. The van der Waals surface area contributed by atoms with E-state index in [0.29, 0.717) is 12.3 Å². The van der Waals surface area contributed by atoms with E-state index >= 15 is 0 Å². The summed E-state index contributed by atoms with van der Waals surface area (Å²) >= 11 is 0. The fraction of sp³-hybridized carbons (Fsp3) is 0.556. The fourth-order valence-electron chi connectivity index (χ4n) is 3.77. The lowest BCUT2D eigenvalue weighted by Gasteiger charge is -2.27. The summed E-state index contributed by atoms with van der Waals surface area (Å²) in [6, 6.07) is 7.70. The Hall–Kier alpha value is -1.79. The molecule has 0 aliphatic carbocycles. The summed E-state index contributed by atoms with van der Waals surface area (Å²) < 4.78 is 5.35. The van der Waals surface area contributed by atoms with Gasteiger partial charge in [0.2, 0.25) is 11.8 Å². The monoisotopic (exact) mass is 367 g/mol. The van der Waals surface area contributed by atoms with Gasteiger partial charge in [-0.3, -0.25) is 9.59 Å². The first-order chi connectivity index (χ1) is 11.7. The average molecular weight is 368 g/mol. The Balaban J connectivity index is 0.00000225. The van der Waals surface area contributed by atoms with Gasteiger partial charge in [0, 0.05) is 32.1 Å². The topological polar surface area (TPSA) is 61.9 Å². The molecule has 25 heavy (non-hydrogen) atoms. The normalized spacial score (nSPS) is 22.9. The van der Waals surface area contributed by atoms with Crippen LogP contribution in [0, 0.1) is 5.92 Å². The maximum atomic E-state index is 12.9. The van der Waals surface area contributed by atoms with Crippen molar-refractivity contribution in [3.05, 3.63) is 24.3 Å². The minimum Gasteiger partial charge on any atom is -0.495 e. The zero-order chi connectivity index (χ0) is 17.1. The van der Waals surface area contributed by atoms with E-state index in [1.54, 1.807) is 12.0 Å². The Morgan fingerprint density at radius 3 is 2.84 bits per heavy atom. The minimum atomic E-state index is -0.264. The molecule has 0 radical (unpaired) electrons. The number of para-hydroxylation sites is 2. The molecule has 0 spiro atoms. The number of likely N-dealkylation sites (N-methyl/N-ethyl adjacent to an activating group) is 1. The summed E-state index contributed by atoms with van der Waals surface area (Å²) in [6.45, 7) is 2.04. The summed E-state index contributed by atoms with van der Waals surface area (Å²) in [7, 11) is 3.50. The van der Waals surface area contributed by atoms with Crippen molar-refractivity contribution in [3.8, 4) is 5.75 Å². The minimum absolute atomic E-state index is 0. The molecule has 2 saturated heterocycles. The number of methoxy groups -OCH3 is 1. The highest BCUT2D eigenvalue weighted by Gasteiger charge is 2.40. The highest BCUT2D eigenvalue weighted by molar-refractivity contribution is 6.01. The average Bonchev–Trinajstić information content (AvgIpc) is 3.21. The Kier molecular flexibility index (Phi) is 6.67. The first-order valence-electron chi connectivity index (χ1n) is 8.54. The number of hydrogen-bond donors (Lipinski definition) is 1. The van der Waals surface area contributed by atoms with Crippen molar-refractivity contribution < 1.29 is 14.3 Å². The number of carbonyl (C=O) groups is 2. The summed E-state index contributed by atoms with van der Waals surface area (Å²) in [4.78, 5) is 29.0. The fourth-order valence-corrected chi connectivity index (χ4v) is 3.77. The third-order valence-corrected chi connectivity index (χ3v) is 4.95. The Morgan fingerprint density at radius 1 is 1.36 bits per heavy atom. The summed E-state index contributed by atoms with van der Waals surface area (Å²) in [5.74, 6) is 0.494. The van der Waals surface area contributed by atoms with Crippen molar-refractivity contribution in [3.63, 3.8) is 0 Å². The number of anilines is 1. The van der Waals surface area contributed by atoms with E-state index in [1.165, 1.54) is 0 Å². The first-order valence-corrected chi connectivity index (χ1v) is 8.54. The lowest BCUT2D eigenvalue weighted by Crippen LogP contribution is -2.44.